The monoisotopic (exact) mass is 358 g/mol. The molecule has 0 heterocycles. The van der Waals surface area contributed by atoms with Gasteiger partial charge >= 0.3 is 11.9 Å². The summed E-state index contributed by atoms with van der Waals surface area (Å²) in [4.78, 5) is 25.3. The van der Waals surface area contributed by atoms with Crippen LogP contribution in [-0.2, 0) is 19.1 Å². The van der Waals surface area contributed by atoms with Gasteiger partial charge < -0.3 is 20.9 Å². The molecule has 0 saturated heterocycles. The highest BCUT2D eigenvalue weighted by Crippen LogP contribution is 2.38. The molecule has 0 atom stereocenters. The van der Waals surface area contributed by atoms with E-state index in [-0.39, 0.29) is 18.8 Å². The van der Waals surface area contributed by atoms with Crippen LogP contribution in [0.3, 0.4) is 0 Å². The normalized spacial score (nSPS) is 12.8. The average molecular weight is 359 g/mol. The van der Waals surface area contributed by atoms with Crippen LogP contribution in [0.2, 0.25) is 0 Å². The van der Waals surface area contributed by atoms with Gasteiger partial charge in [-0.2, -0.15) is 0 Å². The van der Waals surface area contributed by atoms with Crippen molar-refractivity contribution in [3.63, 3.8) is 0 Å². The Labute approximate surface area is 153 Å². The Balaban J connectivity index is 5.06. The van der Waals surface area contributed by atoms with Gasteiger partial charge in [0.15, 0.2) is 5.41 Å². The lowest BCUT2D eigenvalue weighted by Crippen LogP contribution is -2.61. The molecule has 0 bridgehead atoms. The molecule has 0 aliphatic carbocycles. The third kappa shape index (κ3) is 7.32. The second-order valence-electron chi connectivity index (χ2n) is 7.97. The van der Waals surface area contributed by atoms with Gasteiger partial charge in [0, 0.05) is 11.1 Å². The summed E-state index contributed by atoms with van der Waals surface area (Å²) in [6, 6.07) is 0. The van der Waals surface area contributed by atoms with Gasteiger partial charge in [-0.15, -0.1) is 0 Å². The summed E-state index contributed by atoms with van der Waals surface area (Å²) in [5.74, 6) is -1.19. The summed E-state index contributed by atoms with van der Waals surface area (Å²) >= 11 is 0. The SMILES string of the molecule is CCOC(=O)C(CCCCCCC(C)(C)N)(C(=O)OCC)C(C)(C)N. The van der Waals surface area contributed by atoms with Crippen molar-refractivity contribution in [2.45, 2.75) is 91.1 Å². The van der Waals surface area contributed by atoms with Crippen molar-refractivity contribution < 1.29 is 19.1 Å². The Morgan fingerprint density at radius 3 is 1.48 bits per heavy atom. The van der Waals surface area contributed by atoms with Crippen LogP contribution in [0.5, 0.6) is 0 Å². The van der Waals surface area contributed by atoms with Crippen molar-refractivity contribution in [2.75, 3.05) is 13.2 Å². The molecule has 0 aliphatic rings. The minimum absolute atomic E-state index is 0.168. The zero-order chi connectivity index (χ0) is 19.7. The quantitative estimate of drug-likeness (QED) is 0.316. The molecule has 0 aromatic rings. The smallest absolute Gasteiger partial charge is 0.325 e. The standard InChI is InChI=1S/C19H38N2O4/c1-7-24-15(22)19(18(5,6)21,16(23)25-8-2)14-12-10-9-11-13-17(3,4)20/h7-14,20-21H2,1-6H3. The second-order valence-corrected chi connectivity index (χ2v) is 7.97. The number of rotatable bonds is 12. The molecule has 0 unspecified atom stereocenters. The fourth-order valence-electron chi connectivity index (χ4n) is 2.97. The van der Waals surface area contributed by atoms with Crippen molar-refractivity contribution in [3.05, 3.63) is 0 Å². The van der Waals surface area contributed by atoms with Gasteiger partial charge in [0.25, 0.3) is 0 Å². The van der Waals surface area contributed by atoms with E-state index in [1.807, 2.05) is 13.8 Å². The van der Waals surface area contributed by atoms with Crippen LogP contribution in [0.25, 0.3) is 0 Å². The summed E-state index contributed by atoms with van der Waals surface area (Å²) in [5, 5.41) is 0. The van der Waals surface area contributed by atoms with Gasteiger partial charge in [0.2, 0.25) is 0 Å². The van der Waals surface area contributed by atoms with E-state index in [0.717, 1.165) is 25.7 Å². The maximum atomic E-state index is 12.7. The van der Waals surface area contributed by atoms with Crippen LogP contribution in [0.1, 0.15) is 80.1 Å². The third-order valence-corrected chi connectivity index (χ3v) is 4.47. The number of hydrogen-bond donors (Lipinski definition) is 2. The van der Waals surface area contributed by atoms with E-state index in [1.165, 1.54) is 0 Å². The van der Waals surface area contributed by atoms with E-state index in [0.29, 0.717) is 12.8 Å². The van der Waals surface area contributed by atoms with E-state index >= 15 is 0 Å². The Morgan fingerprint density at radius 2 is 1.16 bits per heavy atom. The number of nitrogens with two attached hydrogens (primary N) is 2. The van der Waals surface area contributed by atoms with Gasteiger partial charge in [-0.3, -0.25) is 9.59 Å². The Kier molecular flexibility index (Phi) is 9.66. The van der Waals surface area contributed by atoms with Gasteiger partial charge in [-0.25, -0.2) is 0 Å². The minimum atomic E-state index is -1.48. The van der Waals surface area contributed by atoms with E-state index in [2.05, 4.69) is 0 Å². The summed E-state index contributed by atoms with van der Waals surface area (Å²) in [6.07, 6.45) is 4.86. The fraction of sp³-hybridized carbons (Fsp3) is 0.895. The molecular weight excluding hydrogens is 320 g/mol. The van der Waals surface area contributed by atoms with Crippen molar-refractivity contribution in [1.29, 1.82) is 0 Å². The highest BCUT2D eigenvalue weighted by Gasteiger charge is 2.57. The molecule has 0 spiro atoms. The number of esters is 2. The van der Waals surface area contributed by atoms with Crippen molar-refractivity contribution >= 4 is 11.9 Å². The summed E-state index contributed by atoms with van der Waals surface area (Å²) < 4.78 is 10.4. The molecule has 0 amide bonds. The molecule has 6 heteroatoms. The largest absolute Gasteiger partial charge is 0.465 e. The lowest BCUT2D eigenvalue weighted by molar-refractivity contribution is -0.178. The lowest BCUT2D eigenvalue weighted by atomic mass is 9.68. The second kappa shape index (κ2) is 10.1. The Morgan fingerprint density at radius 1 is 0.760 bits per heavy atom. The van der Waals surface area contributed by atoms with Crippen LogP contribution < -0.4 is 11.5 Å². The first kappa shape index (κ1) is 23.9. The van der Waals surface area contributed by atoms with E-state index in [1.54, 1.807) is 27.7 Å². The molecule has 0 fully saturated rings. The third-order valence-electron chi connectivity index (χ3n) is 4.47. The topological polar surface area (TPSA) is 105 Å². The molecule has 0 saturated carbocycles. The highest BCUT2D eigenvalue weighted by atomic mass is 16.6. The Hall–Kier alpha value is -1.14. The van der Waals surface area contributed by atoms with Crippen LogP contribution >= 0.6 is 0 Å². The van der Waals surface area contributed by atoms with Gasteiger partial charge in [0.05, 0.1) is 13.2 Å². The minimum Gasteiger partial charge on any atom is -0.465 e. The summed E-state index contributed by atoms with van der Waals surface area (Å²) in [7, 11) is 0. The molecule has 148 valence electrons. The molecule has 4 N–H and O–H groups in total. The predicted molar refractivity (Wildman–Crippen MR) is 99.9 cm³/mol. The molecular formula is C19H38N2O4. The predicted octanol–water partition coefficient (Wildman–Crippen LogP) is 2.91. The average Bonchev–Trinajstić information content (AvgIpc) is 2.44. The maximum Gasteiger partial charge on any atom is 0.325 e. The van der Waals surface area contributed by atoms with Crippen molar-refractivity contribution in [3.8, 4) is 0 Å². The Bertz CT molecular complexity index is 404. The van der Waals surface area contributed by atoms with Gasteiger partial charge in [-0.05, 0) is 54.4 Å². The number of ether oxygens (including phenoxy) is 2. The van der Waals surface area contributed by atoms with Gasteiger partial charge in [0.1, 0.15) is 0 Å². The number of unbranched alkanes of at least 4 members (excludes halogenated alkanes) is 3. The molecule has 25 heavy (non-hydrogen) atoms. The lowest BCUT2D eigenvalue weighted by Gasteiger charge is -2.39. The molecule has 0 aromatic carbocycles. The van der Waals surface area contributed by atoms with Gasteiger partial charge in [-0.1, -0.05) is 25.7 Å². The van der Waals surface area contributed by atoms with Crippen molar-refractivity contribution in [1.82, 2.24) is 0 Å². The molecule has 0 radical (unpaired) electrons. The van der Waals surface area contributed by atoms with Crippen LogP contribution in [0.15, 0.2) is 0 Å². The zero-order valence-corrected chi connectivity index (χ0v) is 16.9. The van der Waals surface area contributed by atoms with Crippen LogP contribution in [0, 0.1) is 5.41 Å². The number of carbonyl (C=O) groups excluding carboxylic acids is 2. The first-order valence-electron chi connectivity index (χ1n) is 9.34. The number of carbonyl (C=O) groups is 2. The van der Waals surface area contributed by atoms with Crippen LogP contribution in [-0.4, -0.2) is 36.2 Å². The summed E-state index contributed by atoms with van der Waals surface area (Å²) in [6.45, 7) is 11.2. The molecule has 0 rings (SSSR count). The highest BCUT2D eigenvalue weighted by molar-refractivity contribution is 6.01. The fourth-order valence-corrected chi connectivity index (χ4v) is 2.97. The van der Waals surface area contributed by atoms with E-state index < -0.39 is 22.9 Å². The van der Waals surface area contributed by atoms with E-state index in [9.17, 15) is 9.59 Å². The summed E-state index contributed by atoms with van der Waals surface area (Å²) in [5.41, 5.74) is 9.51. The van der Waals surface area contributed by atoms with Crippen molar-refractivity contribution in [2.24, 2.45) is 16.9 Å². The first-order chi connectivity index (χ1) is 11.4. The number of hydrogen-bond acceptors (Lipinski definition) is 6. The first-order valence-corrected chi connectivity index (χ1v) is 9.34. The van der Waals surface area contributed by atoms with E-state index in [4.69, 9.17) is 20.9 Å². The van der Waals surface area contributed by atoms with Crippen LogP contribution in [0.4, 0.5) is 0 Å². The molecule has 0 aliphatic heterocycles. The maximum absolute atomic E-state index is 12.7. The molecule has 6 nitrogen and oxygen atoms in total. The zero-order valence-electron chi connectivity index (χ0n) is 16.9. The molecule has 0 aromatic heterocycles.